The molecule has 0 amide bonds. The van der Waals surface area contributed by atoms with E-state index in [-0.39, 0.29) is 0 Å². The molecule has 0 saturated carbocycles. The second kappa shape index (κ2) is 13.0. The summed E-state index contributed by atoms with van der Waals surface area (Å²) in [7, 11) is 0. The van der Waals surface area contributed by atoms with Crippen LogP contribution in [0.25, 0.3) is 55.0 Å². The lowest BCUT2D eigenvalue weighted by molar-refractivity contribution is 1.16. The van der Waals surface area contributed by atoms with E-state index in [4.69, 9.17) is 0 Å². The normalized spacial score (nSPS) is 13.1. The molecule has 0 aliphatic carbocycles. The summed E-state index contributed by atoms with van der Waals surface area (Å²) in [4.78, 5) is 4.43. The molecule has 2 aromatic heterocycles. The molecule has 68 heavy (non-hydrogen) atoms. The van der Waals surface area contributed by atoms with Gasteiger partial charge in [-0.15, -0.1) is 0 Å². The first-order valence-corrected chi connectivity index (χ1v) is 22.6. The zero-order valence-corrected chi connectivity index (χ0v) is 35.9. The Morgan fingerprint density at radius 2 is 0.721 bits per heavy atom. The standard InChI is InChI=1S/C58H28B2N8/c61-29-33-25-35(31-63)55-51-53(33)65(37-13-3-1-4-14-37)49-28-50-46(27-45(49)59(51)43-21-11-19-41-39-17-7-9-23-47(39)67(55)57(41)43)60-44-22-12-20-42-40-18-8-10-24-48(40)68(58(42)44)56-36(32-64)26-34(30-62)54(52(56)60)66(50)38-15-5-2-6-16-38/h1-28H. The van der Waals surface area contributed by atoms with Crippen molar-refractivity contribution in [1.82, 2.24) is 9.13 Å². The molecule has 11 aromatic rings. The largest absolute Gasteiger partial charge is 0.310 e. The summed E-state index contributed by atoms with van der Waals surface area (Å²) in [5.41, 5.74) is 18.3. The van der Waals surface area contributed by atoms with Crippen molar-refractivity contribution in [2.24, 2.45) is 0 Å². The number of anilines is 6. The molecule has 15 rings (SSSR count). The maximum Gasteiger partial charge on any atom is 0.252 e. The van der Waals surface area contributed by atoms with E-state index in [2.05, 4.69) is 152 Å². The molecule has 0 unspecified atom stereocenters. The lowest BCUT2D eigenvalue weighted by Gasteiger charge is -2.45. The Balaban J connectivity index is 1.16. The molecule has 10 heteroatoms. The fourth-order valence-electron chi connectivity index (χ4n) is 12.6. The second-order valence-electron chi connectivity index (χ2n) is 18.0. The Morgan fingerprint density at radius 1 is 0.338 bits per heavy atom. The number of hydrogen-bond acceptors (Lipinski definition) is 6. The third-order valence-corrected chi connectivity index (χ3v) is 15.0. The highest BCUT2D eigenvalue weighted by Gasteiger charge is 2.49. The van der Waals surface area contributed by atoms with Crippen molar-refractivity contribution in [2.45, 2.75) is 0 Å². The molecule has 0 bridgehead atoms. The van der Waals surface area contributed by atoms with Gasteiger partial charge >= 0.3 is 0 Å². The number of aromatic nitrogens is 2. The first kappa shape index (κ1) is 36.6. The molecular formula is C58H28B2N8. The minimum absolute atomic E-state index is 0.391. The highest BCUT2D eigenvalue weighted by atomic mass is 15.2. The fourth-order valence-corrected chi connectivity index (χ4v) is 12.6. The van der Waals surface area contributed by atoms with E-state index >= 15 is 0 Å². The monoisotopic (exact) mass is 858 g/mol. The van der Waals surface area contributed by atoms with Gasteiger partial charge in [-0.05, 0) is 87.4 Å². The van der Waals surface area contributed by atoms with Gasteiger partial charge in [0.15, 0.2) is 0 Å². The number of benzene rings is 9. The third-order valence-electron chi connectivity index (χ3n) is 15.0. The van der Waals surface area contributed by atoms with Crippen LogP contribution in [0.4, 0.5) is 34.1 Å². The molecule has 0 saturated heterocycles. The van der Waals surface area contributed by atoms with Gasteiger partial charge in [0.1, 0.15) is 24.3 Å². The zero-order chi connectivity index (χ0) is 45.1. The van der Waals surface area contributed by atoms with Gasteiger partial charge in [-0.25, -0.2) is 0 Å². The molecule has 0 spiro atoms. The fraction of sp³-hybridized carbons (Fsp3) is 0. The summed E-state index contributed by atoms with van der Waals surface area (Å²) in [6, 6.07) is 68.5. The topological polar surface area (TPSA) is 111 Å². The van der Waals surface area contributed by atoms with Crippen LogP contribution < -0.4 is 42.6 Å². The van der Waals surface area contributed by atoms with Crippen LogP contribution >= 0.6 is 0 Å². The van der Waals surface area contributed by atoms with Crippen molar-refractivity contribution in [2.75, 3.05) is 9.80 Å². The zero-order valence-electron chi connectivity index (χ0n) is 35.9. The van der Waals surface area contributed by atoms with Crippen molar-refractivity contribution in [3.05, 3.63) is 192 Å². The molecule has 4 aliphatic heterocycles. The summed E-state index contributed by atoms with van der Waals surface area (Å²) < 4.78 is 4.52. The van der Waals surface area contributed by atoms with Crippen LogP contribution in [0.3, 0.4) is 0 Å². The van der Waals surface area contributed by atoms with Crippen LogP contribution in [0.15, 0.2) is 170 Å². The minimum atomic E-state index is -0.391. The Kier molecular flexibility index (Phi) is 6.98. The van der Waals surface area contributed by atoms with Crippen LogP contribution in [-0.4, -0.2) is 22.6 Å². The van der Waals surface area contributed by atoms with Gasteiger partial charge < -0.3 is 18.9 Å². The van der Waals surface area contributed by atoms with Crippen molar-refractivity contribution in [1.29, 1.82) is 21.0 Å². The van der Waals surface area contributed by atoms with Crippen molar-refractivity contribution < 1.29 is 0 Å². The smallest absolute Gasteiger partial charge is 0.252 e. The number of fused-ring (bicyclic) bond motifs is 14. The van der Waals surface area contributed by atoms with Gasteiger partial charge in [-0.1, -0.05) is 115 Å². The van der Waals surface area contributed by atoms with E-state index in [9.17, 15) is 21.0 Å². The summed E-state index contributed by atoms with van der Waals surface area (Å²) in [6.07, 6.45) is 0. The van der Waals surface area contributed by atoms with Crippen LogP contribution in [0, 0.1) is 45.3 Å². The average Bonchev–Trinajstić information content (AvgIpc) is 3.92. The van der Waals surface area contributed by atoms with E-state index in [0.717, 1.165) is 122 Å². The van der Waals surface area contributed by atoms with Gasteiger partial charge in [0.05, 0.1) is 56.0 Å². The maximum atomic E-state index is 11.2. The lowest BCUT2D eigenvalue weighted by atomic mass is 9.30. The van der Waals surface area contributed by atoms with E-state index in [1.165, 1.54) is 0 Å². The highest BCUT2D eigenvalue weighted by Crippen LogP contribution is 2.48. The molecule has 0 fully saturated rings. The van der Waals surface area contributed by atoms with Crippen molar-refractivity contribution >= 4 is 124 Å². The molecule has 0 radical (unpaired) electrons. The van der Waals surface area contributed by atoms with Crippen LogP contribution in [0.1, 0.15) is 22.3 Å². The van der Waals surface area contributed by atoms with E-state index in [0.29, 0.717) is 22.3 Å². The number of hydrogen-bond donors (Lipinski definition) is 0. The molecule has 0 N–H and O–H groups in total. The number of para-hydroxylation sites is 6. The maximum absolute atomic E-state index is 11.2. The molecule has 4 aliphatic rings. The molecule has 9 aromatic carbocycles. The van der Waals surface area contributed by atoms with Gasteiger partial charge in [0.25, 0.3) is 13.4 Å². The average molecular weight is 859 g/mol. The highest BCUT2D eigenvalue weighted by molar-refractivity contribution is 7.03. The van der Waals surface area contributed by atoms with Gasteiger partial charge in [-0.3, -0.25) is 0 Å². The van der Waals surface area contributed by atoms with E-state index in [1.807, 2.05) is 48.5 Å². The molecule has 8 nitrogen and oxygen atoms in total. The van der Waals surface area contributed by atoms with Gasteiger partial charge in [0.2, 0.25) is 0 Å². The van der Waals surface area contributed by atoms with E-state index in [1.54, 1.807) is 12.1 Å². The Labute approximate surface area is 390 Å². The third kappa shape index (κ3) is 4.29. The summed E-state index contributed by atoms with van der Waals surface area (Å²) in [5, 5.41) is 49.0. The van der Waals surface area contributed by atoms with E-state index < -0.39 is 13.4 Å². The quantitative estimate of drug-likeness (QED) is 0.161. The van der Waals surface area contributed by atoms with Crippen molar-refractivity contribution in [3.8, 4) is 35.7 Å². The lowest BCUT2D eigenvalue weighted by Crippen LogP contribution is -2.65. The van der Waals surface area contributed by atoms with Crippen LogP contribution in [0.5, 0.6) is 0 Å². The molecule has 0 atom stereocenters. The molecule has 6 heterocycles. The Bertz CT molecular complexity index is 4070. The van der Waals surface area contributed by atoms with Crippen LogP contribution in [0.2, 0.25) is 0 Å². The van der Waals surface area contributed by atoms with Crippen LogP contribution in [-0.2, 0) is 0 Å². The minimum Gasteiger partial charge on any atom is -0.310 e. The van der Waals surface area contributed by atoms with Gasteiger partial charge in [-0.2, -0.15) is 21.0 Å². The predicted octanol–water partition coefficient (Wildman–Crippen LogP) is 8.59. The Morgan fingerprint density at radius 3 is 1.15 bits per heavy atom. The summed E-state index contributed by atoms with van der Waals surface area (Å²) in [5.74, 6) is 0. The Hall–Kier alpha value is -9.73. The first-order valence-electron chi connectivity index (χ1n) is 22.6. The molecular weight excluding hydrogens is 830 g/mol. The van der Waals surface area contributed by atoms with Gasteiger partial charge in [0, 0.05) is 55.3 Å². The summed E-state index contributed by atoms with van der Waals surface area (Å²) >= 11 is 0. The van der Waals surface area contributed by atoms with Crippen molar-refractivity contribution in [3.63, 3.8) is 0 Å². The number of nitriles is 4. The summed E-state index contributed by atoms with van der Waals surface area (Å²) in [6.45, 7) is -0.781. The number of nitrogens with zero attached hydrogens (tertiary/aromatic N) is 8. The second-order valence-corrected chi connectivity index (χ2v) is 18.0. The first-order chi connectivity index (χ1) is 33.6. The SMILES string of the molecule is N#Cc1cc(C#N)c2c3c1N(c1ccccc1)c1cc4c(cc1B3c1cccc3c5ccccc5n-2c13)B1c2c(c(C#N)cc(C#N)c2-n2c3ccccc3c3cccc1c32)N4c1ccccc1. The number of rotatable bonds is 2. The predicted molar refractivity (Wildman–Crippen MR) is 273 cm³/mol. The molecule has 306 valence electrons.